The molecule has 0 aliphatic carbocycles. The minimum absolute atomic E-state index is 0.241. The Morgan fingerprint density at radius 1 is 1.48 bits per heavy atom. The van der Waals surface area contributed by atoms with Gasteiger partial charge in [0, 0.05) is 37.6 Å². The summed E-state index contributed by atoms with van der Waals surface area (Å²) in [5.41, 5.74) is 0. The van der Waals surface area contributed by atoms with Gasteiger partial charge in [0.15, 0.2) is 0 Å². The van der Waals surface area contributed by atoms with Gasteiger partial charge < -0.3 is 14.9 Å². The molecule has 1 aliphatic heterocycles. The predicted molar refractivity (Wildman–Crippen MR) is 88.8 cm³/mol. The quantitative estimate of drug-likeness (QED) is 0.798. The first-order valence-corrected chi connectivity index (χ1v) is 9.06. The highest BCUT2D eigenvalue weighted by molar-refractivity contribution is 7.09. The Hall–Kier alpha value is -0.490. The zero-order valence-corrected chi connectivity index (χ0v) is 14.2. The van der Waals surface area contributed by atoms with Crippen molar-refractivity contribution in [2.75, 3.05) is 39.3 Å². The molecule has 1 aliphatic rings. The summed E-state index contributed by atoms with van der Waals surface area (Å²) in [4.78, 5) is 9.07. The largest absolute Gasteiger partial charge is 0.390 e. The molecule has 21 heavy (non-hydrogen) atoms. The molecule has 1 saturated heterocycles. The molecule has 0 spiro atoms. The molecule has 1 atom stereocenters. The smallest absolute Gasteiger partial charge is 0.0937 e. The minimum Gasteiger partial charge on any atom is -0.390 e. The second kappa shape index (κ2) is 8.83. The summed E-state index contributed by atoms with van der Waals surface area (Å²) in [6, 6.07) is 0. The van der Waals surface area contributed by atoms with Crippen molar-refractivity contribution in [1.29, 1.82) is 0 Å². The monoisotopic (exact) mass is 311 g/mol. The van der Waals surface area contributed by atoms with E-state index in [0.29, 0.717) is 0 Å². The van der Waals surface area contributed by atoms with Gasteiger partial charge >= 0.3 is 0 Å². The van der Waals surface area contributed by atoms with Crippen molar-refractivity contribution in [2.24, 2.45) is 5.92 Å². The summed E-state index contributed by atoms with van der Waals surface area (Å²) in [5.74, 6) is 0.851. The maximum Gasteiger partial charge on any atom is 0.0937 e. The van der Waals surface area contributed by atoms with E-state index in [1.165, 1.54) is 17.8 Å². The second-order valence-corrected chi connectivity index (χ2v) is 7.19. The maximum absolute atomic E-state index is 10.3. The highest BCUT2D eigenvalue weighted by atomic mass is 32.1. The average molecular weight is 311 g/mol. The third kappa shape index (κ3) is 6.02. The summed E-state index contributed by atoms with van der Waals surface area (Å²) < 4.78 is 0. The zero-order chi connectivity index (χ0) is 15.1. The molecule has 5 heteroatoms. The Balaban J connectivity index is 1.68. The lowest BCUT2D eigenvalue weighted by Gasteiger charge is -2.33. The van der Waals surface area contributed by atoms with Gasteiger partial charge in [0.05, 0.1) is 11.1 Å². The Labute approximate surface area is 132 Å². The van der Waals surface area contributed by atoms with Crippen molar-refractivity contribution in [1.82, 2.24) is 14.8 Å². The van der Waals surface area contributed by atoms with E-state index in [0.717, 1.165) is 51.6 Å². The van der Waals surface area contributed by atoms with Crippen LogP contribution in [0.1, 0.15) is 31.7 Å². The first-order valence-electron chi connectivity index (χ1n) is 8.18. The molecule has 4 nitrogen and oxygen atoms in total. The van der Waals surface area contributed by atoms with Gasteiger partial charge in [0.1, 0.15) is 0 Å². The summed E-state index contributed by atoms with van der Waals surface area (Å²) in [6.45, 7) is 10.3. The minimum atomic E-state index is -0.241. The normalized spacial score (nSPS) is 19.2. The van der Waals surface area contributed by atoms with E-state index in [-0.39, 0.29) is 6.10 Å². The molecule has 1 aromatic heterocycles. The van der Waals surface area contributed by atoms with Crippen molar-refractivity contribution in [2.45, 2.75) is 39.2 Å². The van der Waals surface area contributed by atoms with Gasteiger partial charge in [-0.25, -0.2) is 4.98 Å². The van der Waals surface area contributed by atoms with E-state index in [1.54, 1.807) is 11.3 Å². The van der Waals surface area contributed by atoms with E-state index < -0.39 is 0 Å². The summed E-state index contributed by atoms with van der Waals surface area (Å²) >= 11 is 1.71. The maximum atomic E-state index is 10.3. The molecule has 0 radical (unpaired) electrons. The zero-order valence-electron chi connectivity index (χ0n) is 13.4. The topological polar surface area (TPSA) is 39.6 Å². The lowest BCUT2D eigenvalue weighted by Crippen LogP contribution is -2.43. The lowest BCUT2D eigenvalue weighted by molar-refractivity contribution is 0.0629. The van der Waals surface area contributed by atoms with Gasteiger partial charge in [0.2, 0.25) is 0 Å². The number of thiazole rings is 1. The number of likely N-dealkylation sites (tertiary alicyclic amines) is 1. The van der Waals surface area contributed by atoms with Crippen LogP contribution in [0.2, 0.25) is 0 Å². The fourth-order valence-electron chi connectivity index (χ4n) is 2.91. The molecule has 1 N–H and O–H groups in total. The number of hydrogen-bond donors (Lipinski definition) is 1. The molecule has 1 aromatic rings. The van der Waals surface area contributed by atoms with Crippen LogP contribution in [-0.2, 0) is 6.42 Å². The molecule has 0 saturated carbocycles. The molecule has 0 aromatic carbocycles. The highest BCUT2D eigenvalue weighted by Gasteiger charge is 2.19. The van der Waals surface area contributed by atoms with Crippen molar-refractivity contribution >= 4 is 11.3 Å². The fourth-order valence-corrected chi connectivity index (χ4v) is 3.52. The average Bonchev–Trinajstić information content (AvgIpc) is 2.99. The highest BCUT2D eigenvalue weighted by Crippen LogP contribution is 2.16. The van der Waals surface area contributed by atoms with Gasteiger partial charge in [-0.3, -0.25) is 0 Å². The van der Waals surface area contributed by atoms with Crippen molar-refractivity contribution in [3.63, 3.8) is 0 Å². The number of β-amino-alcohol motifs (C(OH)–C–C–N with tert-alkyl or cyclic N) is 1. The van der Waals surface area contributed by atoms with Gasteiger partial charge in [-0.15, -0.1) is 11.3 Å². The van der Waals surface area contributed by atoms with E-state index in [4.69, 9.17) is 0 Å². The number of hydrogen-bond acceptors (Lipinski definition) is 5. The third-order valence-corrected chi connectivity index (χ3v) is 5.23. The molecular formula is C16H29N3OS. The Morgan fingerprint density at radius 2 is 2.24 bits per heavy atom. The summed E-state index contributed by atoms with van der Waals surface area (Å²) in [7, 11) is 0. The second-order valence-electron chi connectivity index (χ2n) is 6.21. The van der Waals surface area contributed by atoms with Crippen LogP contribution < -0.4 is 0 Å². The first kappa shape index (κ1) is 16.9. The van der Waals surface area contributed by atoms with Crippen LogP contribution >= 0.6 is 11.3 Å². The van der Waals surface area contributed by atoms with E-state index in [2.05, 4.69) is 28.6 Å². The number of aliphatic hydroxyl groups is 1. The third-order valence-electron chi connectivity index (χ3n) is 4.39. The van der Waals surface area contributed by atoms with Crippen LogP contribution in [0.15, 0.2) is 11.6 Å². The number of aromatic nitrogens is 1. The number of piperidine rings is 1. The van der Waals surface area contributed by atoms with E-state index >= 15 is 0 Å². The van der Waals surface area contributed by atoms with Crippen LogP contribution in [0.5, 0.6) is 0 Å². The molecule has 0 bridgehead atoms. The predicted octanol–water partition coefficient (Wildman–Crippen LogP) is 2.10. The van der Waals surface area contributed by atoms with Gasteiger partial charge in [0.25, 0.3) is 0 Å². The van der Waals surface area contributed by atoms with Crippen molar-refractivity contribution in [3.05, 3.63) is 16.6 Å². The van der Waals surface area contributed by atoms with Crippen molar-refractivity contribution < 1.29 is 5.11 Å². The molecule has 2 rings (SSSR count). The Morgan fingerprint density at radius 3 is 2.86 bits per heavy atom. The number of rotatable bonds is 8. The number of aliphatic hydroxyl groups excluding tert-OH is 1. The van der Waals surface area contributed by atoms with Crippen LogP contribution in [0.25, 0.3) is 0 Å². The van der Waals surface area contributed by atoms with Gasteiger partial charge in [-0.2, -0.15) is 0 Å². The van der Waals surface area contributed by atoms with Crippen LogP contribution in [0.4, 0.5) is 0 Å². The summed E-state index contributed by atoms with van der Waals surface area (Å²) in [5, 5.41) is 13.5. The molecule has 120 valence electrons. The number of likely N-dealkylation sites (N-methyl/N-ethyl adjacent to an activating group) is 1. The van der Waals surface area contributed by atoms with Gasteiger partial charge in [-0.1, -0.05) is 13.8 Å². The molecule has 1 fully saturated rings. The number of nitrogens with zero attached hydrogens (tertiary/aromatic N) is 3. The van der Waals surface area contributed by atoms with E-state index in [9.17, 15) is 5.11 Å². The van der Waals surface area contributed by atoms with Crippen LogP contribution in [0, 0.1) is 5.92 Å². The molecular weight excluding hydrogens is 282 g/mol. The Kier molecular flexibility index (Phi) is 7.10. The SMILES string of the molecule is CCN(CCc1nccs1)CC(O)CN1CCC(C)CC1. The fraction of sp³-hybridized carbons (Fsp3) is 0.812. The molecule has 0 amide bonds. The van der Waals surface area contributed by atoms with Crippen LogP contribution in [0.3, 0.4) is 0 Å². The van der Waals surface area contributed by atoms with Crippen LogP contribution in [-0.4, -0.2) is 65.3 Å². The standard InChI is InChI=1S/C16H29N3OS/c1-3-18(10-6-16-17-7-11-21-16)12-15(20)13-19-8-4-14(2)5-9-19/h7,11,14-15,20H,3-6,8-10,12-13H2,1-2H3. The molecule has 1 unspecified atom stereocenters. The van der Waals surface area contributed by atoms with Gasteiger partial charge in [-0.05, 0) is 38.4 Å². The van der Waals surface area contributed by atoms with Crippen molar-refractivity contribution in [3.8, 4) is 0 Å². The lowest BCUT2D eigenvalue weighted by atomic mass is 9.99. The Bertz CT molecular complexity index is 377. The summed E-state index contributed by atoms with van der Waals surface area (Å²) in [6.07, 6.45) is 5.15. The van der Waals surface area contributed by atoms with E-state index in [1.807, 2.05) is 11.6 Å². The molecule has 2 heterocycles. The first-order chi connectivity index (χ1) is 10.2.